The van der Waals surface area contributed by atoms with E-state index in [-0.39, 0.29) is 18.4 Å². The normalized spacial score (nSPS) is 12.6. The summed E-state index contributed by atoms with van der Waals surface area (Å²) in [6, 6.07) is 9.52. The monoisotopic (exact) mass is 354 g/mol. The zero-order valence-corrected chi connectivity index (χ0v) is 14.9. The molecule has 26 heavy (non-hydrogen) atoms. The van der Waals surface area contributed by atoms with Gasteiger partial charge in [0.2, 0.25) is 5.91 Å². The zero-order valence-electron chi connectivity index (χ0n) is 14.9. The summed E-state index contributed by atoms with van der Waals surface area (Å²) in [5, 5.41) is 5.61. The number of nitrogens with one attached hydrogen (secondary N) is 2. The van der Waals surface area contributed by atoms with Crippen molar-refractivity contribution >= 4 is 23.3 Å². The number of fused-ring (bicyclic) bond motifs is 1. The molecule has 7 heteroatoms. The highest BCUT2D eigenvalue weighted by atomic mass is 16.5. The molecule has 2 heterocycles. The molecule has 0 fully saturated rings. The van der Waals surface area contributed by atoms with E-state index in [0.717, 1.165) is 17.7 Å². The molecule has 7 nitrogen and oxygen atoms in total. The van der Waals surface area contributed by atoms with E-state index in [1.165, 1.54) is 6.20 Å². The number of amides is 2. The number of pyridine rings is 1. The van der Waals surface area contributed by atoms with E-state index < -0.39 is 0 Å². The molecule has 3 rings (SSSR count). The van der Waals surface area contributed by atoms with Crippen LogP contribution in [0.5, 0.6) is 5.75 Å². The van der Waals surface area contributed by atoms with Crippen molar-refractivity contribution in [3.63, 3.8) is 0 Å². The number of rotatable bonds is 6. The van der Waals surface area contributed by atoms with Crippen LogP contribution in [-0.4, -0.2) is 48.4 Å². The van der Waals surface area contributed by atoms with Crippen molar-refractivity contribution in [3.05, 3.63) is 47.7 Å². The number of nitrogens with zero attached hydrogens (tertiary/aromatic N) is 2. The van der Waals surface area contributed by atoms with Gasteiger partial charge in [0.25, 0.3) is 5.91 Å². The molecular weight excluding hydrogens is 332 g/mol. The van der Waals surface area contributed by atoms with Crippen molar-refractivity contribution in [1.82, 2.24) is 9.88 Å². The molecule has 1 aromatic heterocycles. The number of carbonyl (C=O) groups is 2. The smallest absolute Gasteiger partial charge is 0.255 e. The molecular formula is C19H22N4O3. The van der Waals surface area contributed by atoms with Crippen molar-refractivity contribution in [1.29, 1.82) is 0 Å². The number of ether oxygens (including phenoxy) is 1. The zero-order chi connectivity index (χ0) is 18.5. The fourth-order valence-corrected chi connectivity index (χ4v) is 2.73. The molecule has 0 aliphatic carbocycles. The number of hydrogen-bond acceptors (Lipinski definition) is 5. The maximum Gasteiger partial charge on any atom is 0.255 e. The fraction of sp³-hybridized carbons (Fsp3) is 0.316. The SMILES string of the molecule is CCc1ccccc1OCCN(C)C(=O)c1cnc2c(c1)NC(=O)CN2. The molecule has 2 amide bonds. The third-order valence-corrected chi connectivity index (χ3v) is 4.21. The second-order valence-electron chi connectivity index (χ2n) is 6.06. The van der Waals surface area contributed by atoms with E-state index in [9.17, 15) is 9.59 Å². The second kappa shape index (κ2) is 7.86. The highest BCUT2D eigenvalue weighted by Crippen LogP contribution is 2.23. The molecule has 2 N–H and O–H groups in total. The lowest BCUT2D eigenvalue weighted by atomic mass is 10.1. The van der Waals surface area contributed by atoms with Crippen molar-refractivity contribution < 1.29 is 14.3 Å². The van der Waals surface area contributed by atoms with Gasteiger partial charge in [-0.1, -0.05) is 25.1 Å². The molecule has 0 saturated carbocycles. The number of carbonyl (C=O) groups excluding carboxylic acids is 2. The summed E-state index contributed by atoms with van der Waals surface area (Å²) in [6.45, 7) is 3.10. The average molecular weight is 354 g/mol. The Labute approximate surface area is 152 Å². The van der Waals surface area contributed by atoms with Crippen LogP contribution >= 0.6 is 0 Å². The lowest BCUT2D eigenvalue weighted by Crippen LogP contribution is -2.32. The predicted molar refractivity (Wildman–Crippen MR) is 99.6 cm³/mol. The van der Waals surface area contributed by atoms with E-state index in [1.54, 1.807) is 18.0 Å². The number of hydrogen-bond donors (Lipinski definition) is 2. The topological polar surface area (TPSA) is 83.6 Å². The lowest BCUT2D eigenvalue weighted by Gasteiger charge is -2.21. The van der Waals surface area contributed by atoms with Crippen LogP contribution in [0.3, 0.4) is 0 Å². The van der Waals surface area contributed by atoms with E-state index in [1.807, 2.05) is 24.3 Å². The molecule has 0 saturated heterocycles. The first kappa shape index (κ1) is 17.7. The van der Waals surface area contributed by atoms with Gasteiger partial charge in [-0.2, -0.15) is 0 Å². The first-order chi connectivity index (χ1) is 12.6. The van der Waals surface area contributed by atoms with Crippen molar-refractivity contribution in [2.45, 2.75) is 13.3 Å². The van der Waals surface area contributed by atoms with Gasteiger partial charge in [-0.15, -0.1) is 0 Å². The van der Waals surface area contributed by atoms with Gasteiger partial charge in [0, 0.05) is 13.2 Å². The molecule has 0 unspecified atom stereocenters. The lowest BCUT2D eigenvalue weighted by molar-refractivity contribution is -0.114. The standard InChI is InChI=1S/C19H22N4O3/c1-3-13-6-4-5-7-16(13)26-9-8-23(2)19(25)14-10-15-18(20-11-14)21-12-17(24)22-15/h4-7,10-11H,3,8-9,12H2,1-2H3,(H,20,21)(H,22,24). The molecule has 0 spiro atoms. The summed E-state index contributed by atoms with van der Waals surface area (Å²) in [4.78, 5) is 29.8. The van der Waals surface area contributed by atoms with E-state index in [4.69, 9.17) is 4.74 Å². The van der Waals surface area contributed by atoms with Crippen LogP contribution < -0.4 is 15.4 Å². The van der Waals surface area contributed by atoms with E-state index in [2.05, 4.69) is 22.5 Å². The Kier molecular flexibility index (Phi) is 5.36. The fourth-order valence-electron chi connectivity index (χ4n) is 2.73. The molecule has 2 aromatic rings. The number of anilines is 2. The summed E-state index contributed by atoms with van der Waals surface area (Å²) in [5.41, 5.74) is 2.08. The number of likely N-dealkylation sites (N-methyl/N-ethyl adjacent to an activating group) is 1. The number of aryl methyl sites for hydroxylation is 1. The van der Waals surface area contributed by atoms with Gasteiger partial charge in [0.15, 0.2) is 0 Å². The van der Waals surface area contributed by atoms with Gasteiger partial charge in [-0.05, 0) is 24.1 Å². The summed E-state index contributed by atoms with van der Waals surface area (Å²) < 4.78 is 5.81. The minimum atomic E-state index is -0.174. The summed E-state index contributed by atoms with van der Waals surface area (Å²) >= 11 is 0. The Morgan fingerprint density at radius 3 is 2.96 bits per heavy atom. The van der Waals surface area contributed by atoms with Crippen LogP contribution in [0.4, 0.5) is 11.5 Å². The van der Waals surface area contributed by atoms with Crippen LogP contribution in [0, 0.1) is 0 Å². The Morgan fingerprint density at radius 1 is 1.35 bits per heavy atom. The van der Waals surface area contributed by atoms with E-state index in [0.29, 0.717) is 30.2 Å². The van der Waals surface area contributed by atoms with Crippen molar-refractivity contribution in [3.8, 4) is 5.75 Å². The Bertz CT molecular complexity index is 822. The average Bonchev–Trinajstić information content (AvgIpc) is 2.67. The first-order valence-electron chi connectivity index (χ1n) is 8.58. The number of para-hydroxylation sites is 1. The van der Waals surface area contributed by atoms with Gasteiger partial charge in [0.05, 0.1) is 24.3 Å². The minimum Gasteiger partial charge on any atom is -0.491 e. The Hall–Kier alpha value is -3.09. The highest BCUT2D eigenvalue weighted by Gasteiger charge is 2.19. The maximum absolute atomic E-state index is 12.6. The van der Waals surface area contributed by atoms with Gasteiger partial charge in [-0.25, -0.2) is 4.98 Å². The molecule has 0 radical (unpaired) electrons. The van der Waals surface area contributed by atoms with Crippen LogP contribution in [0.1, 0.15) is 22.8 Å². The maximum atomic E-state index is 12.6. The van der Waals surface area contributed by atoms with Crippen LogP contribution in [0.15, 0.2) is 36.5 Å². The van der Waals surface area contributed by atoms with Gasteiger partial charge in [-0.3, -0.25) is 9.59 Å². The van der Waals surface area contributed by atoms with Gasteiger partial charge < -0.3 is 20.3 Å². The molecule has 1 aromatic carbocycles. The predicted octanol–water partition coefficient (Wildman–Crippen LogP) is 2.16. The van der Waals surface area contributed by atoms with Crippen molar-refractivity contribution in [2.24, 2.45) is 0 Å². The molecule has 1 aliphatic heterocycles. The largest absolute Gasteiger partial charge is 0.491 e. The Balaban J connectivity index is 1.59. The number of benzene rings is 1. The van der Waals surface area contributed by atoms with Crippen molar-refractivity contribution in [2.75, 3.05) is 37.4 Å². The van der Waals surface area contributed by atoms with Gasteiger partial charge >= 0.3 is 0 Å². The van der Waals surface area contributed by atoms with Gasteiger partial charge in [0.1, 0.15) is 18.2 Å². The molecule has 136 valence electrons. The highest BCUT2D eigenvalue weighted by molar-refractivity contribution is 6.02. The third-order valence-electron chi connectivity index (χ3n) is 4.21. The first-order valence-corrected chi connectivity index (χ1v) is 8.58. The quantitative estimate of drug-likeness (QED) is 0.831. The third kappa shape index (κ3) is 3.93. The van der Waals surface area contributed by atoms with Crippen LogP contribution in [0.2, 0.25) is 0 Å². The summed E-state index contributed by atoms with van der Waals surface area (Å²) in [5.74, 6) is 1.09. The second-order valence-corrected chi connectivity index (χ2v) is 6.06. The van der Waals surface area contributed by atoms with Crippen LogP contribution in [-0.2, 0) is 11.2 Å². The van der Waals surface area contributed by atoms with E-state index >= 15 is 0 Å². The molecule has 1 aliphatic rings. The molecule has 0 bridgehead atoms. The summed E-state index contributed by atoms with van der Waals surface area (Å²) in [6.07, 6.45) is 2.40. The number of aromatic nitrogens is 1. The minimum absolute atomic E-state index is 0.153. The van der Waals surface area contributed by atoms with Crippen LogP contribution in [0.25, 0.3) is 0 Å². The summed E-state index contributed by atoms with van der Waals surface area (Å²) in [7, 11) is 1.72. The molecule has 0 atom stereocenters. The Morgan fingerprint density at radius 2 is 2.15 bits per heavy atom.